The molecule has 0 rings (SSSR count). The molecule has 28 heavy (non-hydrogen) atoms. The minimum Gasteiger partial charge on any atom is -0.481 e. The molecule has 0 aliphatic heterocycles. The van der Waals surface area contributed by atoms with Gasteiger partial charge in [0.15, 0.2) is 0 Å². The van der Waals surface area contributed by atoms with Crippen LogP contribution in [0, 0.1) is 0 Å². The monoisotopic (exact) mass is 398 g/mol. The van der Waals surface area contributed by atoms with E-state index in [1.54, 1.807) is 0 Å². The Labute approximate surface area is 173 Å². The van der Waals surface area contributed by atoms with Crippen LogP contribution in [0.15, 0.2) is 12.2 Å². The molecule has 0 bridgehead atoms. The van der Waals surface area contributed by atoms with Crippen LogP contribution in [0.25, 0.3) is 0 Å². The van der Waals surface area contributed by atoms with E-state index in [9.17, 15) is 15.0 Å². The summed E-state index contributed by atoms with van der Waals surface area (Å²) in [6, 6.07) is 0. The van der Waals surface area contributed by atoms with Crippen molar-refractivity contribution in [2.75, 3.05) is 0 Å². The van der Waals surface area contributed by atoms with Crippen LogP contribution in [0.1, 0.15) is 122 Å². The molecule has 0 aliphatic carbocycles. The summed E-state index contributed by atoms with van der Waals surface area (Å²) in [6.45, 7) is 2.20. The first-order valence-corrected chi connectivity index (χ1v) is 11.8. The average molecular weight is 399 g/mol. The lowest BCUT2D eigenvalue weighted by atomic mass is 10.0. The highest BCUT2D eigenvalue weighted by molar-refractivity contribution is 5.66. The van der Waals surface area contributed by atoms with Gasteiger partial charge in [0.1, 0.15) is 0 Å². The van der Waals surface area contributed by atoms with Gasteiger partial charge in [0, 0.05) is 6.42 Å². The number of aliphatic carboxylic acids is 1. The number of aliphatic hydroxyl groups excluding tert-OH is 2. The van der Waals surface area contributed by atoms with Crippen LogP contribution in [0.4, 0.5) is 0 Å². The molecule has 0 aromatic carbocycles. The lowest BCUT2D eigenvalue weighted by molar-refractivity contribution is -0.137. The van der Waals surface area contributed by atoms with E-state index in [1.807, 2.05) is 0 Å². The molecule has 4 heteroatoms. The maximum Gasteiger partial charge on any atom is 0.303 e. The minimum atomic E-state index is -0.689. The van der Waals surface area contributed by atoms with Crippen LogP contribution in [0.2, 0.25) is 0 Å². The number of allylic oxidation sites excluding steroid dienone is 1. The fraction of sp³-hybridized carbons (Fsp3) is 0.875. The van der Waals surface area contributed by atoms with Crippen molar-refractivity contribution >= 4 is 5.97 Å². The lowest BCUT2D eigenvalue weighted by Gasteiger charge is -2.13. The van der Waals surface area contributed by atoms with Gasteiger partial charge in [-0.15, -0.1) is 0 Å². The Morgan fingerprint density at radius 2 is 1.29 bits per heavy atom. The van der Waals surface area contributed by atoms with Crippen LogP contribution in [0.5, 0.6) is 0 Å². The Morgan fingerprint density at radius 3 is 1.89 bits per heavy atom. The maximum atomic E-state index is 10.4. The molecule has 2 unspecified atom stereocenters. The summed E-state index contributed by atoms with van der Waals surface area (Å²) in [6.07, 6.45) is 21.8. The molecule has 0 saturated carbocycles. The zero-order valence-corrected chi connectivity index (χ0v) is 18.3. The van der Waals surface area contributed by atoms with Crippen molar-refractivity contribution < 1.29 is 20.1 Å². The zero-order chi connectivity index (χ0) is 20.9. The molecular weight excluding hydrogens is 352 g/mol. The average Bonchev–Trinajstić information content (AvgIpc) is 2.67. The lowest BCUT2D eigenvalue weighted by Crippen LogP contribution is -2.12. The molecule has 0 fully saturated rings. The Kier molecular flexibility index (Phi) is 20.2. The number of carboxylic acid groups (broad SMARTS) is 1. The molecule has 0 spiro atoms. The molecule has 3 N–H and O–H groups in total. The van der Waals surface area contributed by atoms with Gasteiger partial charge in [-0.1, -0.05) is 83.3 Å². The summed E-state index contributed by atoms with van der Waals surface area (Å²) in [7, 11) is 0. The van der Waals surface area contributed by atoms with Crippen LogP contribution >= 0.6 is 0 Å². The normalized spacial score (nSPS) is 13.8. The Balaban J connectivity index is 3.36. The first-order valence-electron chi connectivity index (χ1n) is 11.8. The topological polar surface area (TPSA) is 77.8 Å². The summed E-state index contributed by atoms with van der Waals surface area (Å²) < 4.78 is 0. The van der Waals surface area contributed by atoms with Gasteiger partial charge in [0.05, 0.1) is 12.2 Å². The molecule has 0 saturated heterocycles. The quantitative estimate of drug-likeness (QED) is 0.155. The van der Waals surface area contributed by atoms with Gasteiger partial charge >= 0.3 is 5.97 Å². The number of carbonyl (C=O) groups is 1. The fourth-order valence-electron chi connectivity index (χ4n) is 3.42. The summed E-state index contributed by atoms with van der Waals surface area (Å²) in [5, 5.41) is 28.6. The number of rotatable bonds is 21. The van der Waals surface area contributed by atoms with Crippen molar-refractivity contribution in [3.63, 3.8) is 0 Å². The summed E-state index contributed by atoms with van der Waals surface area (Å²) in [5.41, 5.74) is 0. The van der Waals surface area contributed by atoms with E-state index in [0.29, 0.717) is 25.7 Å². The van der Waals surface area contributed by atoms with Gasteiger partial charge in [-0.25, -0.2) is 0 Å². The predicted molar refractivity (Wildman–Crippen MR) is 118 cm³/mol. The van der Waals surface area contributed by atoms with Gasteiger partial charge in [-0.05, 0) is 44.9 Å². The minimum absolute atomic E-state index is 0.280. The van der Waals surface area contributed by atoms with Crippen molar-refractivity contribution in [1.82, 2.24) is 0 Å². The van der Waals surface area contributed by atoms with E-state index in [-0.39, 0.29) is 12.2 Å². The Bertz CT molecular complexity index is 368. The van der Waals surface area contributed by atoms with Crippen LogP contribution in [-0.4, -0.2) is 33.5 Å². The molecule has 0 heterocycles. The smallest absolute Gasteiger partial charge is 0.303 e. The number of hydrogen-bond acceptors (Lipinski definition) is 3. The highest BCUT2D eigenvalue weighted by atomic mass is 16.4. The SMILES string of the molecule is CCCCCC=CCC(O)CCC(O)CCCCCCCCCCCC(=O)O. The zero-order valence-electron chi connectivity index (χ0n) is 18.3. The number of aliphatic hydroxyl groups is 2. The predicted octanol–water partition coefficient (Wildman–Crippen LogP) is 6.39. The van der Waals surface area contributed by atoms with E-state index >= 15 is 0 Å². The Hall–Kier alpha value is -0.870. The third kappa shape index (κ3) is 21.4. The van der Waals surface area contributed by atoms with Crippen molar-refractivity contribution in [3.8, 4) is 0 Å². The highest BCUT2D eigenvalue weighted by Gasteiger charge is 2.08. The third-order valence-electron chi connectivity index (χ3n) is 5.31. The largest absolute Gasteiger partial charge is 0.481 e. The second-order valence-corrected chi connectivity index (χ2v) is 8.20. The van der Waals surface area contributed by atoms with Crippen molar-refractivity contribution in [2.45, 2.75) is 135 Å². The van der Waals surface area contributed by atoms with Crippen LogP contribution in [0.3, 0.4) is 0 Å². The van der Waals surface area contributed by atoms with Gasteiger partial charge in [-0.3, -0.25) is 4.79 Å². The molecule has 0 aromatic heterocycles. The molecule has 166 valence electrons. The van der Waals surface area contributed by atoms with E-state index in [4.69, 9.17) is 5.11 Å². The first kappa shape index (κ1) is 27.1. The Morgan fingerprint density at radius 1 is 0.714 bits per heavy atom. The van der Waals surface area contributed by atoms with E-state index in [2.05, 4.69) is 19.1 Å². The molecule has 0 radical (unpaired) electrons. The van der Waals surface area contributed by atoms with Gasteiger partial charge in [-0.2, -0.15) is 0 Å². The van der Waals surface area contributed by atoms with E-state index in [1.165, 1.54) is 51.4 Å². The summed E-state index contributed by atoms with van der Waals surface area (Å²) in [5.74, 6) is -0.689. The van der Waals surface area contributed by atoms with Crippen molar-refractivity contribution in [3.05, 3.63) is 12.2 Å². The van der Waals surface area contributed by atoms with E-state index in [0.717, 1.165) is 38.5 Å². The van der Waals surface area contributed by atoms with Gasteiger partial charge < -0.3 is 15.3 Å². The summed E-state index contributed by atoms with van der Waals surface area (Å²) in [4.78, 5) is 10.4. The van der Waals surface area contributed by atoms with Crippen LogP contribution in [-0.2, 0) is 4.79 Å². The van der Waals surface area contributed by atoms with E-state index < -0.39 is 5.97 Å². The molecular formula is C24H46O4. The number of carboxylic acids is 1. The second kappa shape index (κ2) is 20.9. The first-order chi connectivity index (χ1) is 13.6. The van der Waals surface area contributed by atoms with Crippen molar-refractivity contribution in [2.24, 2.45) is 0 Å². The number of hydrogen-bond donors (Lipinski definition) is 3. The van der Waals surface area contributed by atoms with Gasteiger partial charge in [0.25, 0.3) is 0 Å². The molecule has 2 atom stereocenters. The standard InChI is InChI=1S/C24H46O4/c1-2-3-4-5-11-14-17-22(25)20-21-23(26)18-15-12-9-7-6-8-10-13-16-19-24(27)28/h11,14,22-23,25-26H,2-10,12-13,15-21H2,1H3,(H,27,28). The number of unbranched alkanes of at least 4 members (excludes halogenated alkanes) is 11. The maximum absolute atomic E-state index is 10.4. The van der Waals surface area contributed by atoms with Crippen molar-refractivity contribution in [1.29, 1.82) is 0 Å². The third-order valence-corrected chi connectivity index (χ3v) is 5.31. The molecule has 0 aliphatic rings. The molecule has 0 aromatic rings. The summed E-state index contributed by atoms with van der Waals surface area (Å²) >= 11 is 0. The highest BCUT2D eigenvalue weighted by Crippen LogP contribution is 2.14. The van der Waals surface area contributed by atoms with Crippen LogP contribution < -0.4 is 0 Å². The molecule has 0 amide bonds. The van der Waals surface area contributed by atoms with Gasteiger partial charge in [0.2, 0.25) is 0 Å². The fourth-order valence-corrected chi connectivity index (χ4v) is 3.42. The molecule has 4 nitrogen and oxygen atoms in total. The second-order valence-electron chi connectivity index (χ2n) is 8.20.